The van der Waals surface area contributed by atoms with Gasteiger partial charge in [0.15, 0.2) is 18.1 Å². The van der Waals surface area contributed by atoms with E-state index in [0.29, 0.717) is 18.0 Å². The summed E-state index contributed by atoms with van der Waals surface area (Å²) < 4.78 is 11.9. The quantitative estimate of drug-likeness (QED) is 0.362. The number of H-pyrrole nitrogens is 1. The Hall–Kier alpha value is -3.25. The number of benzene rings is 3. The number of methoxy groups -OCH3 is 1. The maximum absolute atomic E-state index is 12.5. The molecule has 1 heterocycles. The molecule has 158 valence electrons. The van der Waals surface area contributed by atoms with E-state index < -0.39 is 0 Å². The number of rotatable bonds is 8. The van der Waals surface area contributed by atoms with Crippen LogP contribution < -0.4 is 14.8 Å². The molecule has 1 atom stereocenters. The molecule has 1 amide bonds. The number of fused-ring (bicyclic) bond motifs is 1. The third-order valence-corrected chi connectivity index (χ3v) is 5.73. The maximum Gasteiger partial charge on any atom is 0.257 e. The SMILES string of the molecule is COc1ccccc1OCC(=O)NC[C@H](c1ccc(Br)cc1)c1c[nH]c2ccccc12. The van der Waals surface area contributed by atoms with Gasteiger partial charge >= 0.3 is 0 Å². The molecule has 0 aliphatic heterocycles. The van der Waals surface area contributed by atoms with E-state index in [1.54, 1.807) is 19.2 Å². The number of aromatic nitrogens is 1. The number of amides is 1. The van der Waals surface area contributed by atoms with Crippen molar-refractivity contribution in [2.45, 2.75) is 5.92 Å². The lowest BCUT2D eigenvalue weighted by atomic mass is 9.91. The topological polar surface area (TPSA) is 63.4 Å². The number of hydrogen-bond donors (Lipinski definition) is 2. The van der Waals surface area contributed by atoms with Crippen molar-refractivity contribution in [2.75, 3.05) is 20.3 Å². The van der Waals surface area contributed by atoms with Crippen LogP contribution in [0.2, 0.25) is 0 Å². The van der Waals surface area contributed by atoms with E-state index in [4.69, 9.17) is 9.47 Å². The first-order valence-corrected chi connectivity index (χ1v) is 10.8. The van der Waals surface area contributed by atoms with Crippen molar-refractivity contribution in [1.82, 2.24) is 10.3 Å². The Bertz CT molecular complexity index is 1170. The molecule has 31 heavy (non-hydrogen) atoms. The lowest BCUT2D eigenvalue weighted by Crippen LogP contribution is -2.32. The lowest BCUT2D eigenvalue weighted by Gasteiger charge is -2.19. The molecule has 0 fully saturated rings. The van der Waals surface area contributed by atoms with E-state index in [2.05, 4.69) is 50.5 Å². The van der Waals surface area contributed by atoms with Crippen LogP contribution in [0.15, 0.2) is 83.5 Å². The summed E-state index contributed by atoms with van der Waals surface area (Å²) >= 11 is 3.50. The maximum atomic E-state index is 12.5. The summed E-state index contributed by atoms with van der Waals surface area (Å²) in [5.41, 5.74) is 3.34. The van der Waals surface area contributed by atoms with E-state index in [1.165, 1.54) is 0 Å². The molecule has 0 aliphatic carbocycles. The average Bonchev–Trinajstić information content (AvgIpc) is 3.23. The average molecular weight is 479 g/mol. The van der Waals surface area contributed by atoms with Crippen LogP contribution in [0.3, 0.4) is 0 Å². The number of nitrogens with one attached hydrogen (secondary N) is 2. The molecule has 4 aromatic rings. The van der Waals surface area contributed by atoms with Crippen LogP contribution in [0.4, 0.5) is 0 Å². The first-order valence-electron chi connectivity index (χ1n) is 9.99. The van der Waals surface area contributed by atoms with Crippen LogP contribution >= 0.6 is 15.9 Å². The van der Waals surface area contributed by atoms with Gasteiger partial charge in [-0.2, -0.15) is 0 Å². The number of halogens is 1. The highest BCUT2D eigenvalue weighted by atomic mass is 79.9. The fraction of sp³-hybridized carbons (Fsp3) is 0.160. The third kappa shape index (κ3) is 4.91. The number of hydrogen-bond acceptors (Lipinski definition) is 3. The Morgan fingerprint density at radius 2 is 1.71 bits per heavy atom. The molecule has 0 saturated heterocycles. The van der Waals surface area contributed by atoms with E-state index in [9.17, 15) is 4.79 Å². The van der Waals surface area contributed by atoms with E-state index in [-0.39, 0.29) is 18.4 Å². The van der Waals surface area contributed by atoms with Crippen molar-refractivity contribution in [3.63, 3.8) is 0 Å². The van der Waals surface area contributed by atoms with Crippen molar-refractivity contribution in [2.24, 2.45) is 0 Å². The Balaban J connectivity index is 1.50. The highest BCUT2D eigenvalue weighted by Crippen LogP contribution is 2.31. The minimum atomic E-state index is -0.187. The molecular formula is C25H23BrN2O3. The number of carbonyl (C=O) groups excluding carboxylic acids is 1. The van der Waals surface area contributed by atoms with Crippen LogP contribution in [-0.4, -0.2) is 31.2 Å². The molecular weight excluding hydrogens is 456 g/mol. The lowest BCUT2D eigenvalue weighted by molar-refractivity contribution is -0.123. The molecule has 5 nitrogen and oxygen atoms in total. The molecule has 0 saturated carbocycles. The summed E-state index contributed by atoms with van der Waals surface area (Å²) in [6.07, 6.45) is 2.02. The summed E-state index contributed by atoms with van der Waals surface area (Å²) in [4.78, 5) is 15.9. The Kier molecular flexibility index (Phi) is 6.57. The highest BCUT2D eigenvalue weighted by Gasteiger charge is 2.19. The van der Waals surface area contributed by atoms with Crippen molar-refractivity contribution in [3.8, 4) is 11.5 Å². The number of aromatic amines is 1. The van der Waals surface area contributed by atoms with Crippen LogP contribution in [0.25, 0.3) is 10.9 Å². The van der Waals surface area contributed by atoms with Crippen LogP contribution in [0.5, 0.6) is 11.5 Å². The van der Waals surface area contributed by atoms with Crippen molar-refractivity contribution in [3.05, 3.63) is 94.6 Å². The van der Waals surface area contributed by atoms with Gasteiger partial charge in [-0.1, -0.05) is 58.4 Å². The predicted octanol–water partition coefficient (Wildman–Crippen LogP) is 5.27. The minimum absolute atomic E-state index is 0.000499. The fourth-order valence-corrected chi connectivity index (χ4v) is 3.90. The molecule has 0 spiro atoms. The number of para-hydroxylation sites is 3. The highest BCUT2D eigenvalue weighted by molar-refractivity contribution is 9.10. The van der Waals surface area contributed by atoms with E-state index >= 15 is 0 Å². The largest absolute Gasteiger partial charge is 0.493 e. The molecule has 0 bridgehead atoms. The van der Waals surface area contributed by atoms with Gasteiger partial charge in [-0.15, -0.1) is 0 Å². The zero-order valence-corrected chi connectivity index (χ0v) is 18.7. The third-order valence-electron chi connectivity index (χ3n) is 5.20. The Labute approximate surface area is 189 Å². The van der Waals surface area contributed by atoms with Gasteiger partial charge in [0.2, 0.25) is 0 Å². The second-order valence-corrected chi connectivity index (χ2v) is 8.05. The smallest absolute Gasteiger partial charge is 0.257 e. The predicted molar refractivity (Wildman–Crippen MR) is 126 cm³/mol. The molecule has 2 N–H and O–H groups in total. The van der Waals surface area contributed by atoms with Gasteiger partial charge in [0.25, 0.3) is 5.91 Å². The standard InChI is InChI=1S/C25H23BrN2O3/c1-30-23-8-4-5-9-24(23)31-16-25(29)28-14-20(17-10-12-18(26)13-11-17)21-15-27-22-7-3-2-6-19(21)22/h2-13,15,20,27H,14,16H2,1H3,(H,28,29)/t20-/m1/s1. The Morgan fingerprint density at radius 3 is 2.48 bits per heavy atom. The normalized spacial score (nSPS) is 11.8. The zero-order valence-electron chi connectivity index (χ0n) is 17.1. The molecule has 0 aliphatic rings. The second kappa shape index (κ2) is 9.71. The van der Waals surface area contributed by atoms with Crippen molar-refractivity contribution < 1.29 is 14.3 Å². The monoisotopic (exact) mass is 478 g/mol. The summed E-state index contributed by atoms with van der Waals surface area (Å²) in [6.45, 7) is 0.374. The van der Waals surface area contributed by atoms with Crippen molar-refractivity contribution in [1.29, 1.82) is 0 Å². The van der Waals surface area contributed by atoms with E-state index in [0.717, 1.165) is 26.5 Å². The Morgan fingerprint density at radius 1 is 1.00 bits per heavy atom. The molecule has 0 radical (unpaired) electrons. The van der Waals surface area contributed by atoms with Gasteiger partial charge in [-0.05, 0) is 41.5 Å². The van der Waals surface area contributed by atoms with Gasteiger partial charge in [-0.3, -0.25) is 4.79 Å². The van der Waals surface area contributed by atoms with Gasteiger partial charge in [0.05, 0.1) is 7.11 Å². The number of carbonyl (C=O) groups is 1. The summed E-state index contributed by atoms with van der Waals surface area (Å²) in [6, 6.07) is 23.7. The molecule has 1 aromatic heterocycles. The van der Waals surface area contributed by atoms with Gasteiger partial charge < -0.3 is 19.8 Å². The summed E-state index contributed by atoms with van der Waals surface area (Å²) in [5, 5.41) is 4.17. The minimum Gasteiger partial charge on any atom is -0.493 e. The summed E-state index contributed by atoms with van der Waals surface area (Å²) in [7, 11) is 1.58. The van der Waals surface area contributed by atoms with Crippen molar-refractivity contribution >= 4 is 32.7 Å². The van der Waals surface area contributed by atoms with Gasteiger partial charge in [0.1, 0.15) is 0 Å². The van der Waals surface area contributed by atoms with Crippen LogP contribution in [-0.2, 0) is 4.79 Å². The van der Waals surface area contributed by atoms with Crippen LogP contribution in [0.1, 0.15) is 17.0 Å². The molecule has 3 aromatic carbocycles. The molecule has 6 heteroatoms. The fourth-order valence-electron chi connectivity index (χ4n) is 3.63. The second-order valence-electron chi connectivity index (χ2n) is 7.14. The van der Waals surface area contributed by atoms with Gasteiger partial charge in [-0.25, -0.2) is 0 Å². The van der Waals surface area contributed by atoms with Gasteiger partial charge in [0, 0.05) is 34.0 Å². The molecule has 4 rings (SSSR count). The first kappa shape index (κ1) is 21.0. The summed E-state index contributed by atoms with van der Waals surface area (Å²) in [5.74, 6) is 0.954. The van der Waals surface area contributed by atoms with Crippen LogP contribution in [0, 0.1) is 0 Å². The zero-order chi connectivity index (χ0) is 21.6. The number of ether oxygens (including phenoxy) is 2. The van der Waals surface area contributed by atoms with E-state index in [1.807, 2.05) is 42.6 Å². The first-order chi connectivity index (χ1) is 15.2. The molecule has 0 unspecified atom stereocenters.